The number of carbonyl (C=O) groups is 1. The lowest BCUT2D eigenvalue weighted by Gasteiger charge is -2.11. The van der Waals surface area contributed by atoms with E-state index in [1.807, 2.05) is 19.1 Å². The van der Waals surface area contributed by atoms with Gasteiger partial charge in [0.05, 0.1) is 12.7 Å². The Balaban J connectivity index is 2.14. The number of rotatable bonds is 4. The fourth-order valence-corrected chi connectivity index (χ4v) is 2.00. The first-order chi connectivity index (χ1) is 10.0. The van der Waals surface area contributed by atoms with Crippen LogP contribution in [0.15, 0.2) is 30.5 Å². The molecule has 110 valence electrons. The Labute approximate surface area is 123 Å². The second kappa shape index (κ2) is 6.26. The maximum Gasteiger partial charge on any atom is 0.255 e. The number of carbonyl (C=O) groups excluding carboxylic acids is 1. The number of nitrogens with one attached hydrogen (secondary N) is 1. The average molecular weight is 286 g/mol. The third kappa shape index (κ3) is 3.13. The number of phenolic OH excluding ortho intramolecular Hbond substituents is 1. The van der Waals surface area contributed by atoms with Gasteiger partial charge in [-0.2, -0.15) is 0 Å². The minimum absolute atomic E-state index is 0.0191. The Morgan fingerprint density at radius 1 is 1.33 bits per heavy atom. The van der Waals surface area contributed by atoms with Crippen molar-refractivity contribution in [2.45, 2.75) is 20.4 Å². The van der Waals surface area contributed by atoms with Crippen LogP contribution in [0.2, 0.25) is 0 Å². The van der Waals surface area contributed by atoms with E-state index in [1.54, 1.807) is 25.3 Å². The van der Waals surface area contributed by atoms with E-state index >= 15 is 0 Å². The fraction of sp³-hybridized carbons (Fsp3) is 0.250. The van der Waals surface area contributed by atoms with Crippen LogP contribution >= 0.6 is 0 Å². The van der Waals surface area contributed by atoms with Gasteiger partial charge >= 0.3 is 0 Å². The third-order valence-corrected chi connectivity index (χ3v) is 3.43. The van der Waals surface area contributed by atoms with Gasteiger partial charge in [0.15, 0.2) is 0 Å². The van der Waals surface area contributed by atoms with Crippen LogP contribution in [0.3, 0.4) is 0 Å². The van der Waals surface area contributed by atoms with Crippen molar-refractivity contribution < 1.29 is 14.6 Å². The van der Waals surface area contributed by atoms with E-state index in [0.29, 0.717) is 11.4 Å². The maximum absolute atomic E-state index is 12.2. The van der Waals surface area contributed by atoms with Gasteiger partial charge in [-0.1, -0.05) is 12.1 Å². The van der Waals surface area contributed by atoms with Crippen molar-refractivity contribution in [1.82, 2.24) is 10.3 Å². The summed E-state index contributed by atoms with van der Waals surface area (Å²) in [5.41, 5.74) is 2.69. The third-order valence-electron chi connectivity index (χ3n) is 3.43. The number of benzene rings is 1. The van der Waals surface area contributed by atoms with Crippen molar-refractivity contribution in [1.29, 1.82) is 0 Å². The molecule has 5 heteroatoms. The molecule has 21 heavy (non-hydrogen) atoms. The molecule has 0 spiro atoms. The summed E-state index contributed by atoms with van der Waals surface area (Å²) in [7, 11) is 1.53. The summed E-state index contributed by atoms with van der Waals surface area (Å²) in [5.74, 6) is 0.161. The highest BCUT2D eigenvalue weighted by Gasteiger charge is 2.14. The van der Waals surface area contributed by atoms with E-state index in [-0.39, 0.29) is 23.8 Å². The zero-order chi connectivity index (χ0) is 15.4. The molecule has 1 amide bonds. The van der Waals surface area contributed by atoms with Gasteiger partial charge in [0, 0.05) is 18.3 Å². The minimum atomic E-state index is -0.332. The molecule has 0 saturated carbocycles. The number of ether oxygens (including phenoxy) is 1. The summed E-state index contributed by atoms with van der Waals surface area (Å²) >= 11 is 0. The second-order valence-corrected chi connectivity index (χ2v) is 4.76. The highest BCUT2D eigenvalue weighted by molar-refractivity contribution is 5.97. The molecule has 0 fully saturated rings. The molecule has 2 aromatic rings. The highest BCUT2D eigenvalue weighted by atomic mass is 16.5. The first kappa shape index (κ1) is 14.8. The van der Waals surface area contributed by atoms with Gasteiger partial charge in [-0.3, -0.25) is 4.79 Å². The zero-order valence-electron chi connectivity index (χ0n) is 12.3. The van der Waals surface area contributed by atoms with Crippen molar-refractivity contribution in [3.05, 3.63) is 52.7 Å². The van der Waals surface area contributed by atoms with Crippen LogP contribution in [-0.2, 0) is 6.54 Å². The van der Waals surface area contributed by atoms with Gasteiger partial charge in [0.25, 0.3) is 5.91 Å². The Hall–Kier alpha value is -2.56. The Morgan fingerprint density at radius 3 is 2.81 bits per heavy atom. The molecule has 0 saturated heterocycles. The van der Waals surface area contributed by atoms with E-state index in [9.17, 15) is 9.90 Å². The molecule has 1 aromatic heterocycles. The molecule has 5 nitrogen and oxygen atoms in total. The first-order valence-corrected chi connectivity index (χ1v) is 6.60. The van der Waals surface area contributed by atoms with Gasteiger partial charge in [-0.05, 0) is 37.1 Å². The number of pyridine rings is 1. The molecule has 0 aliphatic carbocycles. The molecule has 0 atom stereocenters. The largest absolute Gasteiger partial charge is 0.507 e. The summed E-state index contributed by atoms with van der Waals surface area (Å²) in [6.07, 6.45) is 1.62. The SMILES string of the molecule is COc1ncccc1CNC(=O)c1ccc(C)c(C)c1O. The van der Waals surface area contributed by atoms with Crippen LogP contribution < -0.4 is 10.1 Å². The van der Waals surface area contributed by atoms with Gasteiger partial charge in [-0.25, -0.2) is 4.98 Å². The second-order valence-electron chi connectivity index (χ2n) is 4.76. The van der Waals surface area contributed by atoms with Crippen molar-refractivity contribution in [2.24, 2.45) is 0 Å². The molecular formula is C16H18N2O3. The van der Waals surface area contributed by atoms with Gasteiger partial charge in [0.2, 0.25) is 5.88 Å². The van der Waals surface area contributed by atoms with Crippen molar-refractivity contribution in [3.8, 4) is 11.6 Å². The first-order valence-electron chi connectivity index (χ1n) is 6.60. The summed E-state index contributed by atoms with van der Waals surface area (Å²) in [4.78, 5) is 16.2. The van der Waals surface area contributed by atoms with Crippen LogP contribution in [0.4, 0.5) is 0 Å². The number of methoxy groups -OCH3 is 1. The molecule has 0 bridgehead atoms. The minimum Gasteiger partial charge on any atom is -0.507 e. The summed E-state index contributed by atoms with van der Waals surface area (Å²) in [6, 6.07) is 7.03. The Bertz CT molecular complexity index is 669. The Kier molecular flexibility index (Phi) is 4.42. The molecule has 2 N–H and O–H groups in total. The number of nitrogens with zero attached hydrogens (tertiary/aromatic N) is 1. The number of hydrogen-bond donors (Lipinski definition) is 2. The lowest BCUT2D eigenvalue weighted by molar-refractivity contribution is 0.0948. The van der Waals surface area contributed by atoms with Crippen LogP contribution in [0.25, 0.3) is 0 Å². The average Bonchev–Trinajstić information content (AvgIpc) is 2.50. The standard InChI is InChI=1S/C16H18N2O3/c1-10-6-7-13(14(19)11(10)2)15(20)18-9-12-5-4-8-17-16(12)21-3/h4-8,19H,9H2,1-3H3,(H,18,20). The van der Waals surface area contributed by atoms with E-state index < -0.39 is 0 Å². The lowest BCUT2D eigenvalue weighted by atomic mass is 10.0. The van der Waals surface area contributed by atoms with Crippen LogP contribution in [0.5, 0.6) is 11.6 Å². The van der Waals surface area contributed by atoms with E-state index in [2.05, 4.69) is 10.3 Å². The van der Waals surface area contributed by atoms with Crippen molar-refractivity contribution in [2.75, 3.05) is 7.11 Å². The molecule has 1 heterocycles. The topological polar surface area (TPSA) is 71.5 Å². The normalized spacial score (nSPS) is 10.2. The zero-order valence-corrected chi connectivity index (χ0v) is 12.3. The molecule has 0 aliphatic heterocycles. The molecule has 1 aromatic carbocycles. The number of hydrogen-bond acceptors (Lipinski definition) is 4. The number of phenols is 1. The molecular weight excluding hydrogens is 268 g/mol. The monoisotopic (exact) mass is 286 g/mol. The maximum atomic E-state index is 12.2. The van der Waals surface area contributed by atoms with Gasteiger partial charge < -0.3 is 15.2 Å². The van der Waals surface area contributed by atoms with E-state index in [1.165, 1.54) is 7.11 Å². The number of aromatic hydroxyl groups is 1. The van der Waals surface area contributed by atoms with Crippen LogP contribution in [0.1, 0.15) is 27.0 Å². The molecule has 2 rings (SSSR count). The molecule has 0 unspecified atom stereocenters. The number of amides is 1. The fourth-order valence-electron chi connectivity index (χ4n) is 2.00. The van der Waals surface area contributed by atoms with Gasteiger partial charge in [-0.15, -0.1) is 0 Å². The number of aromatic nitrogens is 1. The number of aryl methyl sites for hydroxylation is 1. The molecule has 0 radical (unpaired) electrons. The predicted octanol–water partition coefficient (Wildman–Crippen LogP) is 2.34. The Morgan fingerprint density at radius 2 is 2.10 bits per heavy atom. The summed E-state index contributed by atoms with van der Waals surface area (Å²) < 4.78 is 5.13. The smallest absolute Gasteiger partial charge is 0.255 e. The van der Waals surface area contributed by atoms with Crippen molar-refractivity contribution in [3.63, 3.8) is 0 Å². The summed E-state index contributed by atoms with van der Waals surface area (Å²) in [6.45, 7) is 3.95. The summed E-state index contributed by atoms with van der Waals surface area (Å²) in [5, 5.41) is 12.8. The van der Waals surface area contributed by atoms with Crippen LogP contribution in [-0.4, -0.2) is 23.1 Å². The van der Waals surface area contributed by atoms with Gasteiger partial charge in [0.1, 0.15) is 5.75 Å². The van der Waals surface area contributed by atoms with Crippen LogP contribution in [0, 0.1) is 13.8 Å². The quantitative estimate of drug-likeness (QED) is 0.905. The van der Waals surface area contributed by atoms with Crippen molar-refractivity contribution >= 4 is 5.91 Å². The highest BCUT2D eigenvalue weighted by Crippen LogP contribution is 2.24. The molecule has 0 aliphatic rings. The van der Waals surface area contributed by atoms with E-state index in [0.717, 1.165) is 11.1 Å². The lowest BCUT2D eigenvalue weighted by Crippen LogP contribution is -2.23. The predicted molar refractivity (Wildman–Crippen MR) is 79.5 cm³/mol. The van der Waals surface area contributed by atoms with E-state index in [4.69, 9.17) is 4.74 Å².